The van der Waals surface area contributed by atoms with Crippen molar-refractivity contribution in [3.05, 3.63) is 59.7 Å². The molecule has 1 fully saturated rings. The maximum atomic E-state index is 13.4. The Kier molecular flexibility index (Phi) is 7.73. The second-order valence-corrected chi connectivity index (χ2v) is 9.93. The number of carboxylic acid groups (broad SMARTS) is 1. The van der Waals surface area contributed by atoms with Crippen molar-refractivity contribution in [1.29, 1.82) is 0 Å². The number of rotatable bonds is 8. The molecule has 0 unspecified atom stereocenters. The SMILES string of the molecule is CC(C)C[C@H](NC(=O)OCC1c2ccccc2-c2ccccc21)C(=O)N1CCCC[C@@H]1CC(=O)O. The molecular weight excluding hydrogens is 444 g/mol. The first-order valence-corrected chi connectivity index (χ1v) is 12.5. The second kappa shape index (κ2) is 10.9. The van der Waals surface area contributed by atoms with Crippen molar-refractivity contribution in [3.63, 3.8) is 0 Å². The number of fused-ring (bicyclic) bond motifs is 3. The third-order valence-corrected chi connectivity index (χ3v) is 6.96. The summed E-state index contributed by atoms with van der Waals surface area (Å²) >= 11 is 0. The summed E-state index contributed by atoms with van der Waals surface area (Å²) in [7, 11) is 0. The molecule has 0 aromatic heterocycles. The third-order valence-electron chi connectivity index (χ3n) is 6.96. The Morgan fingerprint density at radius 1 is 1.03 bits per heavy atom. The highest BCUT2D eigenvalue weighted by molar-refractivity contribution is 5.86. The minimum absolute atomic E-state index is 0.0607. The van der Waals surface area contributed by atoms with Gasteiger partial charge in [-0.2, -0.15) is 0 Å². The summed E-state index contributed by atoms with van der Waals surface area (Å²) in [4.78, 5) is 39.2. The van der Waals surface area contributed by atoms with E-state index in [-0.39, 0.29) is 36.8 Å². The number of alkyl carbamates (subject to hydrolysis) is 1. The number of piperidine rings is 1. The van der Waals surface area contributed by atoms with Crippen molar-refractivity contribution in [2.75, 3.05) is 13.2 Å². The number of ether oxygens (including phenoxy) is 1. The molecule has 0 saturated carbocycles. The number of nitrogens with one attached hydrogen (secondary N) is 1. The van der Waals surface area contributed by atoms with Crippen LogP contribution in [-0.4, -0.2) is 53.2 Å². The van der Waals surface area contributed by atoms with Gasteiger partial charge >= 0.3 is 12.1 Å². The summed E-state index contributed by atoms with van der Waals surface area (Å²) in [6.45, 7) is 4.67. The van der Waals surface area contributed by atoms with E-state index < -0.39 is 18.1 Å². The number of benzene rings is 2. The van der Waals surface area contributed by atoms with Gasteiger partial charge < -0.3 is 20.1 Å². The van der Waals surface area contributed by atoms with E-state index in [1.54, 1.807) is 4.90 Å². The number of carbonyl (C=O) groups is 3. The smallest absolute Gasteiger partial charge is 0.407 e. The largest absolute Gasteiger partial charge is 0.481 e. The molecule has 1 saturated heterocycles. The molecule has 4 rings (SSSR count). The fourth-order valence-corrected chi connectivity index (χ4v) is 5.38. The van der Waals surface area contributed by atoms with Crippen molar-refractivity contribution >= 4 is 18.0 Å². The van der Waals surface area contributed by atoms with Crippen molar-refractivity contribution in [3.8, 4) is 11.1 Å². The molecule has 1 heterocycles. The monoisotopic (exact) mass is 478 g/mol. The van der Waals surface area contributed by atoms with Crippen LogP contribution in [0, 0.1) is 5.92 Å². The minimum atomic E-state index is -0.917. The van der Waals surface area contributed by atoms with Gasteiger partial charge in [-0.25, -0.2) is 4.79 Å². The molecular formula is C28H34N2O5. The van der Waals surface area contributed by atoms with Gasteiger partial charge in [0.2, 0.25) is 5.91 Å². The van der Waals surface area contributed by atoms with Crippen LogP contribution in [0.1, 0.15) is 63.0 Å². The predicted molar refractivity (Wildman–Crippen MR) is 133 cm³/mol. The van der Waals surface area contributed by atoms with Gasteiger partial charge in [-0.05, 0) is 53.9 Å². The van der Waals surface area contributed by atoms with Crippen LogP contribution in [0.3, 0.4) is 0 Å². The quantitative estimate of drug-likeness (QED) is 0.568. The first-order valence-electron chi connectivity index (χ1n) is 12.5. The highest BCUT2D eigenvalue weighted by Crippen LogP contribution is 2.44. The van der Waals surface area contributed by atoms with Gasteiger partial charge in [-0.15, -0.1) is 0 Å². The lowest BCUT2D eigenvalue weighted by molar-refractivity contribution is -0.143. The molecule has 0 radical (unpaired) electrons. The van der Waals surface area contributed by atoms with Crippen LogP contribution < -0.4 is 5.32 Å². The van der Waals surface area contributed by atoms with Crippen molar-refractivity contribution < 1.29 is 24.2 Å². The number of nitrogens with zero attached hydrogens (tertiary/aromatic N) is 1. The third kappa shape index (κ3) is 5.66. The number of amides is 2. The molecule has 2 N–H and O–H groups in total. The standard InChI is InChI=1S/C28H34N2O5/c1-18(2)15-25(27(33)30-14-8-7-9-19(30)16-26(31)32)29-28(34)35-17-24-22-12-5-3-10-20(22)21-11-4-6-13-23(21)24/h3-6,10-13,18-19,24-25H,7-9,14-17H2,1-2H3,(H,29,34)(H,31,32)/t19-,25+/m1/s1. The summed E-state index contributed by atoms with van der Waals surface area (Å²) < 4.78 is 5.67. The Balaban J connectivity index is 1.44. The van der Waals surface area contributed by atoms with Crippen molar-refractivity contribution in [2.45, 2.75) is 64.0 Å². The van der Waals surface area contributed by atoms with Crippen LogP contribution in [0.5, 0.6) is 0 Å². The van der Waals surface area contributed by atoms with E-state index in [1.807, 2.05) is 38.1 Å². The van der Waals surface area contributed by atoms with Gasteiger partial charge in [-0.1, -0.05) is 62.4 Å². The lowest BCUT2D eigenvalue weighted by Crippen LogP contribution is -2.54. The van der Waals surface area contributed by atoms with Crippen LogP contribution in [-0.2, 0) is 14.3 Å². The number of hydrogen-bond donors (Lipinski definition) is 2. The van der Waals surface area contributed by atoms with Gasteiger partial charge in [0, 0.05) is 18.5 Å². The molecule has 2 aromatic carbocycles. The number of likely N-dealkylation sites (tertiary alicyclic amines) is 1. The molecule has 35 heavy (non-hydrogen) atoms. The average Bonchev–Trinajstić information content (AvgIpc) is 3.15. The van der Waals surface area contributed by atoms with E-state index in [0.29, 0.717) is 19.4 Å². The summed E-state index contributed by atoms with van der Waals surface area (Å²) in [5.74, 6) is -1.03. The zero-order valence-electron chi connectivity index (χ0n) is 20.4. The topological polar surface area (TPSA) is 95.9 Å². The van der Waals surface area contributed by atoms with E-state index in [1.165, 1.54) is 0 Å². The number of carboxylic acids is 1. The van der Waals surface area contributed by atoms with Crippen LogP contribution >= 0.6 is 0 Å². The summed E-state index contributed by atoms with van der Waals surface area (Å²) in [5, 5.41) is 12.1. The summed E-state index contributed by atoms with van der Waals surface area (Å²) in [6.07, 6.45) is 2.15. The zero-order chi connectivity index (χ0) is 24.9. The molecule has 186 valence electrons. The number of hydrogen-bond acceptors (Lipinski definition) is 4. The normalized spacial score (nSPS) is 18.0. The maximum Gasteiger partial charge on any atom is 0.407 e. The van der Waals surface area contributed by atoms with Gasteiger partial charge in [0.1, 0.15) is 12.6 Å². The minimum Gasteiger partial charge on any atom is -0.481 e. The Morgan fingerprint density at radius 3 is 2.26 bits per heavy atom. The average molecular weight is 479 g/mol. The zero-order valence-corrected chi connectivity index (χ0v) is 20.4. The van der Waals surface area contributed by atoms with Crippen LogP contribution in [0.25, 0.3) is 11.1 Å². The Bertz CT molecular complexity index is 1040. The van der Waals surface area contributed by atoms with E-state index in [9.17, 15) is 19.5 Å². The first-order chi connectivity index (χ1) is 16.8. The maximum absolute atomic E-state index is 13.4. The fraction of sp³-hybridized carbons (Fsp3) is 0.464. The van der Waals surface area contributed by atoms with E-state index in [0.717, 1.165) is 35.1 Å². The lowest BCUT2D eigenvalue weighted by Gasteiger charge is -2.37. The molecule has 2 amide bonds. The second-order valence-electron chi connectivity index (χ2n) is 9.93. The summed E-state index contributed by atoms with van der Waals surface area (Å²) in [6, 6.07) is 15.2. The molecule has 1 aliphatic heterocycles. The lowest BCUT2D eigenvalue weighted by atomic mass is 9.96. The Hall–Kier alpha value is -3.35. The Morgan fingerprint density at radius 2 is 1.66 bits per heavy atom. The summed E-state index contributed by atoms with van der Waals surface area (Å²) in [5.41, 5.74) is 4.56. The van der Waals surface area contributed by atoms with Crippen LogP contribution in [0.2, 0.25) is 0 Å². The predicted octanol–water partition coefficient (Wildman–Crippen LogP) is 4.80. The van der Waals surface area contributed by atoms with Gasteiger partial charge in [0.25, 0.3) is 0 Å². The number of carbonyl (C=O) groups excluding carboxylic acids is 2. The highest BCUT2D eigenvalue weighted by Gasteiger charge is 2.35. The molecule has 7 nitrogen and oxygen atoms in total. The Labute approximate surface area is 206 Å². The molecule has 2 aliphatic rings. The number of aliphatic carboxylic acids is 1. The molecule has 2 aromatic rings. The van der Waals surface area contributed by atoms with E-state index in [4.69, 9.17) is 4.74 Å². The molecule has 1 aliphatic carbocycles. The molecule has 0 bridgehead atoms. The first kappa shape index (κ1) is 24.8. The molecule has 2 atom stereocenters. The van der Waals surface area contributed by atoms with Crippen molar-refractivity contribution in [1.82, 2.24) is 10.2 Å². The van der Waals surface area contributed by atoms with E-state index in [2.05, 4.69) is 29.6 Å². The van der Waals surface area contributed by atoms with Crippen LogP contribution in [0.15, 0.2) is 48.5 Å². The highest BCUT2D eigenvalue weighted by atomic mass is 16.5. The molecule has 0 spiro atoms. The van der Waals surface area contributed by atoms with Gasteiger partial charge in [-0.3, -0.25) is 9.59 Å². The van der Waals surface area contributed by atoms with E-state index >= 15 is 0 Å². The van der Waals surface area contributed by atoms with Crippen LogP contribution in [0.4, 0.5) is 4.79 Å². The van der Waals surface area contributed by atoms with Gasteiger partial charge in [0.05, 0.1) is 6.42 Å². The fourth-order valence-electron chi connectivity index (χ4n) is 5.38. The molecule has 7 heteroatoms. The van der Waals surface area contributed by atoms with Gasteiger partial charge in [0.15, 0.2) is 0 Å². The van der Waals surface area contributed by atoms with Crippen molar-refractivity contribution in [2.24, 2.45) is 5.92 Å².